The fourth-order valence-electron chi connectivity index (χ4n) is 1.13. The standard InChI is InChI=1S/C9H9BrN4O/c1-11-5-8-13-9(15-14-8)6-2-7(10)4-12-3-6/h2-4,11H,5H2,1H3. The highest BCUT2D eigenvalue weighted by molar-refractivity contribution is 9.10. The molecule has 0 saturated heterocycles. The summed E-state index contributed by atoms with van der Waals surface area (Å²) in [4.78, 5) is 8.24. The molecule has 2 rings (SSSR count). The fraction of sp³-hybridized carbons (Fsp3) is 0.222. The SMILES string of the molecule is CNCc1noc(-c2cncc(Br)c2)n1. The van der Waals surface area contributed by atoms with Crippen molar-refractivity contribution in [1.82, 2.24) is 20.4 Å². The fourth-order valence-corrected chi connectivity index (χ4v) is 1.49. The molecule has 5 nitrogen and oxygen atoms in total. The van der Waals surface area contributed by atoms with Crippen molar-refractivity contribution in [2.45, 2.75) is 6.54 Å². The summed E-state index contributed by atoms with van der Waals surface area (Å²) in [6.45, 7) is 0.588. The topological polar surface area (TPSA) is 63.8 Å². The number of aromatic nitrogens is 3. The Bertz CT molecular complexity index is 457. The minimum absolute atomic E-state index is 0.481. The molecule has 2 heterocycles. The predicted octanol–water partition coefficient (Wildman–Crippen LogP) is 1.61. The van der Waals surface area contributed by atoms with E-state index in [2.05, 4.69) is 36.4 Å². The van der Waals surface area contributed by atoms with Crippen LogP contribution in [0.1, 0.15) is 5.82 Å². The molecule has 6 heteroatoms. The maximum Gasteiger partial charge on any atom is 0.259 e. The predicted molar refractivity (Wildman–Crippen MR) is 58.0 cm³/mol. The Balaban J connectivity index is 2.29. The average molecular weight is 269 g/mol. The molecule has 0 aliphatic rings. The summed E-state index contributed by atoms with van der Waals surface area (Å²) in [6.07, 6.45) is 3.38. The van der Waals surface area contributed by atoms with Crippen LogP contribution in [0.15, 0.2) is 27.5 Å². The number of nitrogens with zero attached hydrogens (tertiary/aromatic N) is 3. The van der Waals surface area contributed by atoms with Gasteiger partial charge in [-0.15, -0.1) is 0 Å². The Morgan fingerprint density at radius 1 is 1.47 bits per heavy atom. The third kappa shape index (κ3) is 2.40. The van der Waals surface area contributed by atoms with Crippen LogP contribution in [-0.4, -0.2) is 22.2 Å². The minimum atomic E-state index is 0.481. The third-order valence-corrected chi connectivity index (χ3v) is 2.19. The van der Waals surface area contributed by atoms with Crippen LogP contribution in [0.2, 0.25) is 0 Å². The van der Waals surface area contributed by atoms with E-state index in [9.17, 15) is 0 Å². The highest BCUT2D eigenvalue weighted by Gasteiger charge is 2.08. The van der Waals surface area contributed by atoms with Crippen LogP contribution in [0, 0.1) is 0 Å². The number of rotatable bonds is 3. The summed E-state index contributed by atoms with van der Waals surface area (Å²) in [5, 5.41) is 6.77. The Labute approximate surface area is 95.0 Å². The lowest BCUT2D eigenvalue weighted by molar-refractivity contribution is 0.420. The van der Waals surface area contributed by atoms with E-state index in [-0.39, 0.29) is 0 Å². The van der Waals surface area contributed by atoms with Crippen molar-refractivity contribution in [2.24, 2.45) is 0 Å². The summed E-state index contributed by atoms with van der Waals surface area (Å²) in [7, 11) is 1.83. The van der Waals surface area contributed by atoms with Crippen LogP contribution in [-0.2, 0) is 6.54 Å². The van der Waals surface area contributed by atoms with Gasteiger partial charge in [-0.3, -0.25) is 4.98 Å². The van der Waals surface area contributed by atoms with E-state index in [4.69, 9.17) is 4.52 Å². The number of hydrogen-bond donors (Lipinski definition) is 1. The van der Waals surface area contributed by atoms with Gasteiger partial charge in [-0.05, 0) is 29.0 Å². The zero-order valence-corrected chi connectivity index (χ0v) is 9.65. The second-order valence-electron chi connectivity index (χ2n) is 2.94. The number of pyridine rings is 1. The molecule has 2 aromatic heterocycles. The third-order valence-electron chi connectivity index (χ3n) is 1.75. The summed E-state index contributed by atoms with van der Waals surface area (Å²) in [5.74, 6) is 1.11. The highest BCUT2D eigenvalue weighted by atomic mass is 79.9. The van der Waals surface area contributed by atoms with Gasteiger partial charge in [0.1, 0.15) is 0 Å². The van der Waals surface area contributed by atoms with E-state index in [1.165, 1.54) is 0 Å². The molecular weight excluding hydrogens is 260 g/mol. The molecule has 0 radical (unpaired) electrons. The summed E-state index contributed by atoms with van der Waals surface area (Å²) in [6, 6.07) is 1.88. The lowest BCUT2D eigenvalue weighted by Gasteiger charge is -1.93. The second-order valence-corrected chi connectivity index (χ2v) is 3.85. The molecule has 1 N–H and O–H groups in total. The van der Waals surface area contributed by atoms with E-state index in [1.54, 1.807) is 12.4 Å². The van der Waals surface area contributed by atoms with Gasteiger partial charge >= 0.3 is 0 Å². The molecule has 0 aromatic carbocycles. The number of halogens is 1. The molecule has 0 saturated carbocycles. The Morgan fingerprint density at radius 3 is 3.07 bits per heavy atom. The first-order valence-electron chi connectivity index (χ1n) is 4.37. The zero-order chi connectivity index (χ0) is 10.7. The van der Waals surface area contributed by atoms with Crippen molar-refractivity contribution in [2.75, 3.05) is 7.05 Å². The lowest BCUT2D eigenvalue weighted by Crippen LogP contribution is -2.06. The molecule has 0 fully saturated rings. The van der Waals surface area contributed by atoms with Crippen LogP contribution in [0.5, 0.6) is 0 Å². The monoisotopic (exact) mass is 268 g/mol. The van der Waals surface area contributed by atoms with Gasteiger partial charge in [0.2, 0.25) is 0 Å². The first-order valence-corrected chi connectivity index (χ1v) is 5.17. The van der Waals surface area contributed by atoms with Gasteiger partial charge in [0.25, 0.3) is 5.89 Å². The maximum absolute atomic E-state index is 5.10. The molecule has 15 heavy (non-hydrogen) atoms. The maximum atomic E-state index is 5.10. The minimum Gasteiger partial charge on any atom is -0.334 e. The highest BCUT2D eigenvalue weighted by Crippen LogP contribution is 2.19. The van der Waals surface area contributed by atoms with E-state index in [1.807, 2.05) is 13.1 Å². The van der Waals surface area contributed by atoms with Crippen LogP contribution in [0.4, 0.5) is 0 Å². The van der Waals surface area contributed by atoms with Crippen LogP contribution in [0.25, 0.3) is 11.5 Å². The average Bonchev–Trinajstić information content (AvgIpc) is 2.67. The van der Waals surface area contributed by atoms with E-state index in [0.29, 0.717) is 18.3 Å². The number of nitrogens with one attached hydrogen (secondary N) is 1. The summed E-state index contributed by atoms with van der Waals surface area (Å²) >= 11 is 3.33. The van der Waals surface area contributed by atoms with E-state index < -0.39 is 0 Å². The zero-order valence-electron chi connectivity index (χ0n) is 8.07. The Hall–Kier alpha value is -1.27. The van der Waals surface area contributed by atoms with E-state index >= 15 is 0 Å². The lowest BCUT2D eigenvalue weighted by atomic mass is 10.3. The molecule has 0 aliphatic carbocycles. The van der Waals surface area contributed by atoms with Crippen LogP contribution < -0.4 is 5.32 Å². The van der Waals surface area contributed by atoms with Crippen molar-refractivity contribution < 1.29 is 4.52 Å². The summed E-state index contributed by atoms with van der Waals surface area (Å²) in [5.41, 5.74) is 0.805. The molecule has 0 atom stereocenters. The van der Waals surface area contributed by atoms with Gasteiger partial charge in [-0.1, -0.05) is 5.16 Å². The van der Waals surface area contributed by atoms with E-state index in [0.717, 1.165) is 10.0 Å². The quantitative estimate of drug-likeness (QED) is 0.917. The van der Waals surface area contributed by atoms with Gasteiger partial charge in [-0.25, -0.2) is 0 Å². The molecule has 78 valence electrons. The Morgan fingerprint density at radius 2 is 2.33 bits per heavy atom. The molecule has 0 unspecified atom stereocenters. The van der Waals surface area contributed by atoms with Gasteiger partial charge < -0.3 is 9.84 Å². The van der Waals surface area contributed by atoms with Crippen molar-refractivity contribution in [3.63, 3.8) is 0 Å². The number of hydrogen-bond acceptors (Lipinski definition) is 5. The van der Waals surface area contributed by atoms with Crippen molar-refractivity contribution >= 4 is 15.9 Å². The Kier molecular flexibility index (Phi) is 3.08. The molecule has 0 spiro atoms. The van der Waals surface area contributed by atoms with Gasteiger partial charge in [0.15, 0.2) is 5.82 Å². The second kappa shape index (κ2) is 4.50. The molecular formula is C9H9BrN4O. The van der Waals surface area contributed by atoms with Gasteiger partial charge in [-0.2, -0.15) is 4.98 Å². The van der Waals surface area contributed by atoms with Crippen LogP contribution in [0.3, 0.4) is 0 Å². The molecule has 0 bridgehead atoms. The summed E-state index contributed by atoms with van der Waals surface area (Å²) < 4.78 is 5.98. The van der Waals surface area contributed by atoms with Crippen molar-refractivity contribution in [3.8, 4) is 11.5 Å². The molecule has 0 aliphatic heterocycles. The first-order chi connectivity index (χ1) is 7.29. The van der Waals surface area contributed by atoms with Gasteiger partial charge in [0.05, 0.1) is 12.1 Å². The van der Waals surface area contributed by atoms with Gasteiger partial charge in [0, 0.05) is 16.9 Å². The molecule has 2 aromatic rings. The first kappa shape index (κ1) is 10.3. The van der Waals surface area contributed by atoms with Crippen molar-refractivity contribution in [1.29, 1.82) is 0 Å². The smallest absolute Gasteiger partial charge is 0.259 e. The normalized spacial score (nSPS) is 10.5. The largest absolute Gasteiger partial charge is 0.334 e. The van der Waals surface area contributed by atoms with Crippen LogP contribution >= 0.6 is 15.9 Å². The molecule has 0 amide bonds. The van der Waals surface area contributed by atoms with Crippen molar-refractivity contribution in [3.05, 3.63) is 28.8 Å².